The first-order chi connectivity index (χ1) is 9.55. The summed E-state index contributed by atoms with van der Waals surface area (Å²) in [6, 6.07) is -1.72. The summed E-state index contributed by atoms with van der Waals surface area (Å²) in [6.45, 7) is -2.72. The maximum atomic E-state index is 7.77. The molecule has 0 saturated heterocycles. The van der Waals surface area contributed by atoms with Gasteiger partial charge in [0.1, 0.15) is 17.5 Å². The van der Waals surface area contributed by atoms with Crippen LogP contribution in [0.1, 0.15) is 16.8 Å². The van der Waals surface area contributed by atoms with E-state index in [2.05, 4.69) is 9.97 Å². The van der Waals surface area contributed by atoms with Crippen molar-refractivity contribution in [2.75, 3.05) is 5.73 Å². The third-order valence-corrected chi connectivity index (χ3v) is 1.33. The SMILES string of the molecule is [2H]c1nc(-n2c(C([2H])([2H])[2H])nc(N)c2[2H])c([2H])c([2H])c1[2H]. The molecule has 0 bridgehead atoms. The third kappa shape index (κ3) is 1.38. The molecule has 66 valence electrons. The van der Waals surface area contributed by atoms with Gasteiger partial charge in [-0.05, 0) is 18.9 Å². The molecular weight excluding hydrogens is 164 g/mol. The number of nitrogens with two attached hydrogens (primary N) is 1. The monoisotopic (exact) mass is 182 g/mol. The number of imidazole rings is 1. The molecule has 0 saturated carbocycles. The van der Waals surface area contributed by atoms with Gasteiger partial charge in [0, 0.05) is 10.3 Å². The Kier molecular flexibility index (Phi) is 0.631. The number of aryl methyl sites for hydroxylation is 1. The minimum Gasteiger partial charge on any atom is -0.382 e. The summed E-state index contributed by atoms with van der Waals surface area (Å²) in [4.78, 5) is 7.20. The molecule has 0 aliphatic rings. The highest BCUT2D eigenvalue weighted by molar-refractivity contribution is 5.33. The molecule has 2 heterocycles. The van der Waals surface area contributed by atoms with Gasteiger partial charge in [-0.25, -0.2) is 9.97 Å². The van der Waals surface area contributed by atoms with E-state index in [1.165, 1.54) is 0 Å². The molecule has 0 aliphatic heterocycles. The number of nitrogens with zero attached hydrogens (tertiary/aromatic N) is 3. The van der Waals surface area contributed by atoms with Crippen LogP contribution in [-0.2, 0) is 0 Å². The van der Waals surface area contributed by atoms with E-state index in [9.17, 15) is 0 Å². The number of anilines is 1. The van der Waals surface area contributed by atoms with Gasteiger partial charge >= 0.3 is 0 Å². The second kappa shape index (κ2) is 2.90. The third-order valence-electron chi connectivity index (χ3n) is 1.33. The summed E-state index contributed by atoms with van der Waals surface area (Å²) in [5.41, 5.74) is 5.44. The Morgan fingerprint density at radius 2 is 2.54 bits per heavy atom. The highest BCUT2D eigenvalue weighted by Gasteiger charge is 2.02. The first-order valence-electron chi connectivity index (χ1n) is 7.35. The molecular formula is C9H10N4. The molecule has 0 atom stereocenters. The molecule has 2 aromatic heterocycles. The van der Waals surface area contributed by atoms with Crippen LogP contribution in [0, 0.1) is 6.85 Å². The fraction of sp³-hybridized carbons (Fsp3) is 0.111. The second-order valence-electron chi connectivity index (χ2n) is 2.19. The van der Waals surface area contributed by atoms with Gasteiger partial charge in [0.15, 0.2) is 0 Å². The number of hydrogen-bond acceptors (Lipinski definition) is 3. The maximum Gasteiger partial charge on any atom is 0.142 e. The molecule has 0 spiro atoms. The van der Waals surface area contributed by atoms with Crippen LogP contribution < -0.4 is 5.73 Å². The number of hydrogen-bond donors (Lipinski definition) is 1. The van der Waals surface area contributed by atoms with E-state index < -0.39 is 49.0 Å². The predicted octanol–water partition coefficient (Wildman–Crippen LogP) is 1.16. The Morgan fingerprint density at radius 1 is 1.62 bits per heavy atom. The van der Waals surface area contributed by atoms with Gasteiger partial charge in [-0.2, -0.15) is 0 Å². The van der Waals surface area contributed by atoms with Gasteiger partial charge in [0.05, 0.1) is 13.0 Å². The fourth-order valence-electron chi connectivity index (χ4n) is 0.840. The van der Waals surface area contributed by atoms with E-state index in [1.807, 2.05) is 0 Å². The molecule has 0 radical (unpaired) electrons. The van der Waals surface area contributed by atoms with Crippen molar-refractivity contribution in [2.24, 2.45) is 0 Å². The van der Waals surface area contributed by atoms with E-state index in [-0.39, 0.29) is 5.82 Å². The minimum atomic E-state index is -2.72. The van der Waals surface area contributed by atoms with Crippen LogP contribution in [-0.4, -0.2) is 14.5 Å². The largest absolute Gasteiger partial charge is 0.382 e. The van der Waals surface area contributed by atoms with Gasteiger partial charge in [-0.3, -0.25) is 4.57 Å². The Balaban J connectivity index is 2.86. The molecule has 0 fully saturated rings. The van der Waals surface area contributed by atoms with Crippen molar-refractivity contribution in [2.45, 2.75) is 6.85 Å². The molecule has 2 rings (SSSR count). The Hall–Kier alpha value is -1.84. The quantitative estimate of drug-likeness (QED) is 0.720. The van der Waals surface area contributed by atoms with Crippen LogP contribution in [0.15, 0.2) is 30.5 Å². The molecule has 2 N–H and O–H groups in total. The molecule has 4 heteroatoms. The molecule has 0 unspecified atom stereocenters. The van der Waals surface area contributed by atoms with Gasteiger partial charge < -0.3 is 5.73 Å². The van der Waals surface area contributed by atoms with Gasteiger partial charge in [0.25, 0.3) is 0 Å². The highest BCUT2D eigenvalue weighted by atomic mass is 15.1. The summed E-state index contributed by atoms with van der Waals surface area (Å²) >= 11 is 0. The van der Waals surface area contributed by atoms with E-state index in [0.29, 0.717) is 4.57 Å². The summed E-state index contributed by atoms with van der Waals surface area (Å²) < 4.78 is 60.9. The first kappa shape index (κ1) is 2.83. The first-order valence-corrected chi connectivity index (χ1v) is 3.35. The average Bonchev–Trinajstić information content (AvgIpc) is 2.68. The molecule has 0 aromatic carbocycles. The van der Waals surface area contributed by atoms with E-state index >= 15 is 0 Å². The Bertz CT molecular complexity index is 720. The second-order valence-corrected chi connectivity index (χ2v) is 2.19. The summed E-state index contributed by atoms with van der Waals surface area (Å²) in [5.74, 6) is -1.38. The topological polar surface area (TPSA) is 56.7 Å². The lowest BCUT2D eigenvalue weighted by Gasteiger charge is -2.01. The number of pyridine rings is 1. The molecule has 4 nitrogen and oxygen atoms in total. The van der Waals surface area contributed by atoms with Crippen molar-refractivity contribution in [3.05, 3.63) is 36.3 Å². The summed E-state index contributed by atoms with van der Waals surface area (Å²) in [6.07, 6.45) is -1.10. The average molecular weight is 182 g/mol. The van der Waals surface area contributed by atoms with Crippen molar-refractivity contribution in [3.63, 3.8) is 0 Å². The van der Waals surface area contributed by atoms with Crippen molar-refractivity contribution < 1.29 is 11.0 Å². The number of nitrogen functional groups attached to an aromatic ring is 1. The van der Waals surface area contributed by atoms with Crippen LogP contribution in [0.25, 0.3) is 5.82 Å². The molecule has 13 heavy (non-hydrogen) atoms. The highest BCUT2D eigenvalue weighted by Crippen LogP contribution is 2.09. The standard InChI is InChI=1S/C9H10N4/c1-7-12-8(10)6-13(7)9-4-2-3-5-11-9/h2-6H,10H2,1H3/i1D3,2D,3D,4D,5D,6D. The maximum absolute atomic E-state index is 7.77. The fourth-order valence-corrected chi connectivity index (χ4v) is 0.840. The smallest absolute Gasteiger partial charge is 0.142 e. The minimum absolute atomic E-state index is 0.365. The number of aromatic nitrogens is 3. The lowest BCUT2D eigenvalue weighted by atomic mass is 10.4. The summed E-state index contributed by atoms with van der Waals surface area (Å²) in [7, 11) is 0. The van der Waals surface area contributed by atoms with Crippen molar-refractivity contribution in [1.29, 1.82) is 0 Å². The zero-order valence-electron chi connectivity index (χ0n) is 14.4. The van der Waals surface area contributed by atoms with Gasteiger partial charge in [0.2, 0.25) is 0 Å². The molecule has 0 amide bonds. The van der Waals surface area contributed by atoms with Crippen LogP contribution in [0.5, 0.6) is 0 Å². The zero-order chi connectivity index (χ0) is 16.1. The normalized spacial score (nSPS) is 20.0. The van der Waals surface area contributed by atoms with E-state index in [0.717, 1.165) is 0 Å². The lowest BCUT2D eigenvalue weighted by molar-refractivity contribution is 0.933. The lowest BCUT2D eigenvalue weighted by Crippen LogP contribution is -1.97. The van der Waals surface area contributed by atoms with Crippen LogP contribution in [0.2, 0.25) is 0 Å². The van der Waals surface area contributed by atoms with Gasteiger partial charge in [-0.15, -0.1) is 0 Å². The summed E-state index contributed by atoms with van der Waals surface area (Å²) in [5, 5.41) is 0. The predicted molar refractivity (Wildman–Crippen MR) is 50.5 cm³/mol. The van der Waals surface area contributed by atoms with Gasteiger partial charge in [-0.1, -0.05) is 6.04 Å². The van der Waals surface area contributed by atoms with Crippen LogP contribution >= 0.6 is 0 Å². The molecule has 2 aromatic rings. The van der Waals surface area contributed by atoms with E-state index in [4.69, 9.17) is 16.7 Å². The Labute approximate surface area is 87.3 Å². The zero-order valence-corrected chi connectivity index (χ0v) is 6.42. The van der Waals surface area contributed by atoms with Crippen molar-refractivity contribution >= 4 is 5.82 Å². The van der Waals surface area contributed by atoms with Crippen LogP contribution in [0.4, 0.5) is 5.82 Å². The Morgan fingerprint density at radius 3 is 3.38 bits per heavy atom. The van der Waals surface area contributed by atoms with E-state index in [1.54, 1.807) is 0 Å². The van der Waals surface area contributed by atoms with Crippen LogP contribution in [0.3, 0.4) is 0 Å². The molecule has 0 aliphatic carbocycles. The van der Waals surface area contributed by atoms with Crippen molar-refractivity contribution in [3.8, 4) is 5.82 Å². The van der Waals surface area contributed by atoms with Crippen molar-refractivity contribution in [1.82, 2.24) is 14.5 Å². The number of rotatable bonds is 1.